The van der Waals surface area contributed by atoms with E-state index in [9.17, 15) is 4.39 Å². The second-order valence-electron chi connectivity index (χ2n) is 8.62. The molecule has 4 rings (SSSR count). The van der Waals surface area contributed by atoms with E-state index in [4.69, 9.17) is 0 Å². The van der Waals surface area contributed by atoms with Gasteiger partial charge in [-0.15, -0.1) is 0 Å². The van der Waals surface area contributed by atoms with Crippen LogP contribution in [0, 0.1) is 11.7 Å². The van der Waals surface area contributed by atoms with E-state index in [1.54, 1.807) is 6.07 Å². The van der Waals surface area contributed by atoms with Gasteiger partial charge in [0.25, 0.3) is 0 Å². The zero-order valence-corrected chi connectivity index (χ0v) is 18.8. The maximum absolute atomic E-state index is 13.6. The monoisotopic (exact) mass is 459 g/mol. The molecular formula is C24H31BrFN3. The van der Waals surface area contributed by atoms with E-state index in [-0.39, 0.29) is 5.82 Å². The average Bonchev–Trinajstić information content (AvgIpc) is 2.74. The van der Waals surface area contributed by atoms with Gasteiger partial charge in [0, 0.05) is 29.3 Å². The number of rotatable bonds is 5. The Morgan fingerprint density at radius 3 is 2.48 bits per heavy atom. The summed E-state index contributed by atoms with van der Waals surface area (Å²) in [6.45, 7) is 5.60. The first-order valence-corrected chi connectivity index (χ1v) is 11.5. The molecule has 0 spiro atoms. The predicted molar refractivity (Wildman–Crippen MR) is 122 cm³/mol. The van der Waals surface area contributed by atoms with Crippen LogP contribution >= 0.6 is 15.9 Å². The normalized spacial score (nSPS) is 22.2. The molecule has 29 heavy (non-hydrogen) atoms. The van der Waals surface area contributed by atoms with Gasteiger partial charge in [-0.3, -0.25) is 4.90 Å². The van der Waals surface area contributed by atoms with E-state index in [2.05, 4.69) is 68.0 Å². The molecular weight excluding hydrogens is 429 g/mol. The van der Waals surface area contributed by atoms with Crippen LogP contribution in [-0.4, -0.2) is 55.7 Å². The number of hydrogen-bond acceptors (Lipinski definition) is 3. The fraction of sp³-hybridized carbons (Fsp3) is 0.500. The summed E-state index contributed by atoms with van der Waals surface area (Å²) in [6.07, 6.45) is 4.59. The first kappa shape index (κ1) is 20.8. The highest BCUT2D eigenvalue weighted by atomic mass is 79.9. The summed E-state index contributed by atoms with van der Waals surface area (Å²) in [6, 6.07) is 16.4. The minimum Gasteiger partial charge on any atom is -0.358 e. The topological polar surface area (TPSA) is 9.72 Å². The quantitative estimate of drug-likeness (QED) is 0.621. The molecule has 0 aromatic heterocycles. The molecule has 156 valence electrons. The Morgan fingerprint density at radius 2 is 1.76 bits per heavy atom. The maximum atomic E-state index is 13.6. The molecule has 1 atom stereocenters. The third-order valence-corrected chi connectivity index (χ3v) is 7.34. The lowest BCUT2D eigenvalue weighted by Gasteiger charge is -2.43. The molecule has 0 amide bonds. The molecule has 2 heterocycles. The Hall–Kier alpha value is -1.43. The van der Waals surface area contributed by atoms with Gasteiger partial charge in [-0.1, -0.05) is 34.1 Å². The lowest BCUT2D eigenvalue weighted by Crippen LogP contribution is -2.53. The summed E-state index contributed by atoms with van der Waals surface area (Å²) >= 11 is 3.58. The van der Waals surface area contributed by atoms with Crippen molar-refractivity contribution in [1.82, 2.24) is 9.80 Å². The largest absolute Gasteiger partial charge is 0.358 e. The molecule has 0 radical (unpaired) electrons. The zero-order chi connectivity index (χ0) is 20.2. The smallest absolute Gasteiger partial charge is 0.123 e. The zero-order valence-electron chi connectivity index (χ0n) is 17.2. The number of para-hydroxylation sites is 1. The lowest BCUT2D eigenvalue weighted by atomic mass is 9.90. The Labute approximate surface area is 182 Å². The van der Waals surface area contributed by atoms with Crippen LogP contribution in [0.5, 0.6) is 0 Å². The van der Waals surface area contributed by atoms with Gasteiger partial charge in [-0.2, -0.15) is 0 Å². The number of hydrogen-bond donors (Lipinski definition) is 0. The summed E-state index contributed by atoms with van der Waals surface area (Å²) in [5.41, 5.74) is 2.43. The Morgan fingerprint density at radius 1 is 1.00 bits per heavy atom. The molecule has 3 nitrogen and oxygen atoms in total. The van der Waals surface area contributed by atoms with Gasteiger partial charge < -0.3 is 9.80 Å². The molecule has 2 aromatic carbocycles. The van der Waals surface area contributed by atoms with E-state index in [0.29, 0.717) is 12.0 Å². The lowest BCUT2D eigenvalue weighted by molar-refractivity contribution is 0.109. The number of nitrogens with zero attached hydrogens (tertiary/aromatic N) is 3. The second-order valence-corrected chi connectivity index (χ2v) is 9.48. The van der Waals surface area contributed by atoms with E-state index >= 15 is 0 Å². The number of benzene rings is 2. The molecule has 0 N–H and O–H groups in total. The molecule has 2 saturated heterocycles. The number of likely N-dealkylation sites (N-methyl/N-ethyl adjacent to an activating group) is 1. The van der Waals surface area contributed by atoms with Crippen LogP contribution in [0.15, 0.2) is 53.0 Å². The second kappa shape index (κ2) is 9.59. The third kappa shape index (κ3) is 5.39. The van der Waals surface area contributed by atoms with Gasteiger partial charge in [-0.25, -0.2) is 4.39 Å². The number of likely N-dealkylation sites (tertiary alicyclic amines) is 1. The molecule has 2 aliphatic rings. The van der Waals surface area contributed by atoms with E-state index in [1.807, 2.05) is 6.07 Å². The van der Waals surface area contributed by atoms with Gasteiger partial charge in [0.15, 0.2) is 0 Å². The first-order valence-electron chi connectivity index (χ1n) is 10.7. The van der Waals surface area contributed by atoms with Crippen LogP contribution in [0.4, 0.5) is 10.1 Å². The first-order chi connectivity index (χ1) is 14.1. The number of halogens is 2. The Balaban J connectivity index is 1.24. The molecule has 2 aromatic rings. The molecule has 0 bridgehead atoms. The Kier molecular flexibility index (Phi) is 6.88. The summed E-state index contributed by atoms with van der Waals surface area (Å²) in [4.78, 5) is 7.61. The fourth-order valence-corrected chi connectivity index (χ4v) is 5.15. The molecule has 1 unspecified atom stereocenters. The van der Waals surface area contributed by atoms with Crippen molar-refractivity contribution in [2.45, 2.75) is 31.7 Å². The van der Waals surface area contributed by atoms with Crippen molar-refractivity contribution in [3.8, 4) is 0 Å². The standard InChI is InChI=1S/C24H31BrFN3/c1-27-18-29(22-5-3-2-4-6-22)14-11-23(27)17-28-12-9-19(10-13-28)15-20-16-21(26)7-8-24(20)25/h2-8,16,19,23H,9-15,17-18H2,1H3. The van der Waals surface area contributed by atoms with Crippen molar-refractivity contribution in [2.24, 2.45) is 5.92 Å². The van der Waals surface area contributed by atoms with Crippen LogP contribution in [0.3, 0.4) is 0 Å². The van der Waals surface area contributed by atoms with E-state index in [1.165, 1.54) is 31.0 Å². The number of piperidine rings is 1. The van der Waals surface area contributed by atoms with Crippen molar-refractivity contribution < 1.29 is 4.39 Å². The minimum atomic E-state index is -0.134. The van der Waals surface area contributed by atoms with E-state index < -0.39 is 0 Å². The maximum Gasteiger partial charge on any atom is 0.123 e. The van der Waals surface area contributed by atoms with Gasteiger partial charge in [-0.05, 0) is 87.6 Å². The van der Waals surface area contributed by atoms with Crippen LogP contribution in [0.1, 0.15) is 24.8 Å². The molecule has 0 aliphatic carbocycles. The van der Waals surface area contributed by atoms with Gasteiger partial charge in [0.05, 0.1) is 6.67 Å². The van der Waals surface area contributed by atoms with Crippen LogP contribution in [0.2, 0.25) is 0 Å². The summed E-state index contributed by atoms with van der Waals surface area (Å²) in [5.74, 6) is 0.521. The van der Waals surface area contributed by atoms with E-state index in [0.717, 1.165) is 49.3 Å². The van der Waals surface area contributed by atoms with Crippen molar-refractivity contribution in [3.05, 3.63) is 64.4 Å². The molecule has 2 fully saturated rings. The van der Waals surface area contributed by atoms with Gasteiger partial charge in [0.1, 0.15) is 5.82 Å². The highest BCUT2D eigenvalue weighted by Crippen LogP contribution is 2.27. The molecule has 5 heteroatoms. The van der Waals surface area contributed by atoms with Crippen LogP contribution < -0.4 is 4.90 Å². The van der Waals surface area contributed by atoms with Crippen LogP contribution in [-0.2, 0) is 6.42 Å². The summed E-state index contributed by atoms with van der Waals surface area (Å²) in [7, 11) is 2.26. The number of anilines is 1. The summed E-state index contributed by atoms with van der Waals surface area (Å²) in [5, 5.41) is 0. The predicted octanol–water partition coefficient (Wildman–Crippen LogP) is 5.01. The van der Waals surface area contributed by atoms with Crippen molar-refractivity contribution in [3.63, 3.8) is 0 Å². The van der Waals surface area contributed by atoms with Crippen LogP contribution in [0.25, 0.3) is 0 Å². The van der Waals surface area contributed by atoms with Crippen molar-refractivity contribution in [2.75, 3.05) is 44.8 Å². The summed E-state index contributed by atoms with van der Waals surface area (Å²) < 4.78 is 14.6. The van der Waals surface area contributed by atoms with Gasteiger partial charge >= 0.3 is 0 Å². The third-order valence-electron chi connectivity index (χ3n) is 6.56. The molecule has 2 aliphatic heterocycles. The SMILES string of the molecule is CN1CN(c2ccccc2)CCC1CN1CCC(Cc2cc(F)ccc2Br)CC1. The fourth-order valence-electron chi connectivity index (χ4n) is 4.74. The minimum absolute atomic E-state index is 0.134. The highest BCUT2D eigenvalue weighted by molar-refractivity contribution is 9.10. The Bertz CT molecular complexity index is 792. The van der Waals surface area contributed by atoms with Gasteiger partial charge in [0.2, 0.25) is 0 Å². The van der Waals surface area contributed by atoms with Crippen molar-refractivity contribution in [1.29, 1.82) is 0 Å². The average molecular weight is 460 g/mol. The van der Waals surface area contributed by atoms with Crippen molar-refractivity contribution >= 4 is 21.6 Å². The molecule has 0 saturated carbocycles. The highest BCUT2D eigenvalue weighted by Gasteiger charge is 2.28.